The minimum Gasteiger partial charge on any atom is -0.301 e. The molecular formula is C14H26N4. The molecule has 0 spiro atoms. The third-order valence-corrected chi connectivity index (χ3v) is 3.89. The van der Waals surface area contributed by atoms with Gasteiger partial charge in [-0.2, -0.15) is 5.26 Å². The third kappa shape index (κ3) is 4.24. The predicted molar refractivity (Wildman–Crippen MR) is 73.3 cm³/mol. The maximum atomic E-state index is 9.09. The maximum absolute atomic E-state index is 9.09. The highest BCUT2D eigenvalue weighted by molar-refractivity contribution is 4.92. The molecule has 4 heteroatoms. The van der Waals surface area contributed by atoms with Gasteiger partial charge in [0.2, 0.25) is 0 Å². The fourth-order valence-electron chi connectivity index (χ4n) is 2.69. The van der Waals surface area contributed by atoms with Crippen LogP contribution in [0.15, 0.2) is 0 Å². The lowest BCUT2D eigenvalue weighted by Gasteiger charge is -2.35. The molecule has 2 fully saturated rings. The first-order chi connectivity index (χ1) is 8.69. The Labute approximate surface area is 111 Å². The van der Waals surface area contributed by atoms with Gasteiger partial charge in [0.1, 0.15) is 0 Å². The number of nitrogens with one attached hydrogen (secondary N) is 1. The van der Waals surface area contributed by atoms with Crippen LogP contribution in [0.2, 0.25) is 0 Å². The molecule has 0 bridgehead atoms. The number of piperazine rings is 1. The summed E-state index contributed by atoms with van der Waals surface area (Å²) < 4.78 is 0. The van der Waals surface area contributed by atoms with Crippen molar-refractivity contribution in [1.82, 2.24) is 15.1 Å². The Morgan fingerprint density at radius 2 is 1.89 bits per heavy atom. The van der Waals surface area contributed by atoms with Crippen molar-refractivity contribution < 1.29 is 0 Å². The van der Waals surface area contributed by atoms with Crippen LogP contribution < -0.4 is 5.32 Å². The molecule has 1 saturated heterocycles. The molecule has 1 atom stereocenters. The van der Waals surface area contributed by atoms with Gasteiger partial charge in [0.05, 0.1) is 12.1 Å². The fraction of sp³-hybridized carbons (Fsp3) is 0.929. The second-order valence-corrected chi connectivity index (χ2v) is 5.90. The maximum Gasteiger partial charge on any atom is 0.0967 e. The average Bonchev–Trinajstić information content (AvgIpc) is 3.19. The Kier molecular flexibility index (Phi) is 4.99. The van der Waals surface area contributed by atoms with Crippen molar-refractivity contribution in [2.75, 3.05) is 32.7 Å². The molecule has 1 heterocycles. The minimum absolute atomic E-state index is 0.00598. The van der Waals surface area contributed by atoms with E-state index in [0.717, 1.165) is 19.0 Å². The van der Waals surface area contributed by atoms with E-state index in [1.807, 2.05) is 0 Å². The van der Waals surface area contributed by atoms with E-state index in [1.54, 1.807) is 0 Å². The molecule has 1 unspecified atom stereocenters. The summed E-state index contributed by atoms with van der Waals surface area (Å²) in [4.78, 5) is 5.13. The number of rotatable bonds is 6. The van der Waals surface area contributed by atoms with Gasteiger partial charge in [0.15, 0.2) is 0 Å². The van der Waals surface area contributed by atoms with Crippen LogP contribution in [-0.2, 0) is 0 Å². The lowest BCUT2D eigenvalue weighted by Crippen LogP contribution is -2.48. The molecule has 1 aliphatic heterocycles. The molecule has 0 radical (unpaired) electrons. The highest BCUT2D eigenvalue weighted by Crippen LogP contribution is 2.27. The Morgan fingerprint density at radius 3 is 2.39 bits per heavy atom. The van der Waals surface area contributed by atoms with Gasteiger partial charge in [-0.25, -0.2) is 0 Å². The van der Waals surface area contributed by atoms with Crippen LogP contribution in [0.5, 0.6) is 0 Å². The Morgan fingerprint density at radius 1 is 1.22 bits per heavy atom. The molecule has 102 valence electrons. The summed E-state index contributed by atoms with van der Waals surface area (Å²) in [7, 11) is 0. The van der Waals surface area contributed by atoms with E-state index in [2.05, 4.69) is 35.0 Å². The molecule has 2 rings (SSSR count). The van der Waals surface area contributed by atoms with E-state index in [1.165, 1.54) is 39.0 Å². The van der Waals surface area contributed by atoms with E-state index in [0.29, 0.717) is 6.04 Å². The van der Waals surface area contributed by atoms with E-state index < -0.39 is 0 Å². The van der Waals surface area contributed by atoms with Gasteiger partial charge in [0, 0.05) is 44.8 Å². The summed E-state index contributed by atoms with van der Waals surface area (Å²) >= 11 is 0. The highest BCUT2D eigenvalue weighted by atomic mass is 15.3. The zero-order valence-corrected chi connectivity index (χ0v) is 11.7. The van der Waals surface area contributed by atoms with Gasteiger partial charge in [-0.15, -0.1) is 0 Å². The molecule has 0 aromatic carbocycles. The van der Waals surface area contributed by atoms with Gasteiger partial charge in [-0.05, 0) is 33.1 Å². The lowest BCUT2D eigenvalue weighted by atomic mass is 10.2. The van der Waals surface area contributed by atoms with Crippen LogP contribution >= 0.6 is 0 Å². The summed E-state index contributed by atoms with van der Waals surface area (Å²) in [5.74, 6) is 0. The summed E-state index contributed by atoms with van der Waals surface area (Å²) in [5.41, 5.74) is 0. The van der Waals surface area contributed by atoms with Crippen molar-refractivity contribution in [2.45, 2.75) is 51.2 Å². The SMILES string of the molecule is CC(C)NC(C#N)CCN1CCN(C2CC2)CC1. The van der Waals surface area contributed by atoms with Gasteiger partial charge < -0.3 is 4.90 Å². The summed E-state index contributed by atoms with van der Waals surface area (Å²) in [6.07, 6.45) is 3.77. The topological polar surface area (TPSA) is 42.3 Å². The Balaban J connectivity index is 1.63. The second kappa shape index (κ2) is 6.51. The Bertz CT molecular complexity index is 285. The molecular weight excluding hydrogens is 224 g/mol. The monoisotopic (exact) mass is 250 g/mol. The fourth-order valence-corrected chi connectivity index (χ4v) is 2.69. The predicted octanol–water partition coefficient (Wildman–Crippen LogP) is 1.05. The van der Waals surface area contributed by atoms with Crippen LogP contribution in [-0.4, -0.2) is 60.6 Å². The molecule has 2 aliphatic rings. The molecule has 1 saturated carbocycles. The molecule has 1 aliphatic carbocycles. The zero-order valence-electron chi connectivity index (χ0n) is 11.7. The van der Waals surface area contributed by atoms with Crippen LogP contribution in [0.1, 0.15) is 33.1 Å². The smallest absolute Gasteiger partial charge is 0.0967 e. The number of hydrogen-bond acceptors (Lipinski definition) is 4. The number of nitriles is 1. The first kappa shape index (κ1) is 13.8. The van der Waals surface area contributed by atoms with Crippen LogP contribution in [0.25, 0.3) is 0 Å². The van der Waals surface area contributed by atoms with Crippen LogP contribution in [0, 0.1) is 11.3 Å². The van der Waals surface area contributed by atoms with Crippen molar-refractivity contribution in [3.05, 3.63) is 0 Å². The van der Waals surface area contributed by atoms with Crippen molar-refractivity contribution in [3.8, 4) is 6.07 Å². The van der Waals surface area contributed by atoms with Crippen molar-refractivity contribution in [2.24, 2.45) is 0 Å². The van der Waals surface area contributed by atoms with Gasteiger partial charge in [0.25, 0.3) is 0 Å². The molecule has 0 amide bonds. The highest BCUT2D eigenvalue weighted by Gasteiger charge is 2.31. The summed E-state index contributed by atoms with van der Waals surface area (Å²) in [6, 6.07) is 3.66. The second-order valence-electron chi connectivity index (χ2n) is 5.90. The standard InChI is InChI=1S/C14H26N4/c1-12(2)16-13(11-15)5-6-17-7-9-18(10-8-17)14-3-4-14/h12-14,16H,3-10H2,1-2H3. The zero-order chi connectivity index (χ0) is 13.0. The van der Waals surface area contributed by atoms with Gasteiger partial charge >= 0.3 is 0 Å². The first-order valence-electron chi connectivity index (χ1n) is 7.31. The van der Waals surface area contributed by atoms with Gasteiger partial charge in [-0.1, -0.05) is 0 Å². The minimum atomic E-state index is 0.00598. The van der Waals surface area contributed by atoms with Gasteiger partial charge in [-0.3, -0.25) is 10.2 Å². The molecule has 1 N–H and O–H groups in total. The van der Waals surface area contributed by atoms with Crippen molar-refractivity contribution in [1.29, 1.82) is 5.26 Å². The molecule has 18 heavy (non-hydrogen) atoms. The Hall–Kier alpha value is -0.630. The molecule has 0 aromatic rings. The lowest BCUT2D eigenvalue weighted by molar-refractivity contribution is 0.124. The van der Waals surface area contributed by atoms with E-state index >= 15 is 0 Å². The number of hydrogen-bond donors (Lipinski definition) is 1. The van der Waals surface area contributed by atoms with E-state index in [4.69, 9.17) is 5.26 Å². The van der Waals surface area contributed by atoms with Crippen molar-refractivity contribution >= 4 is 0 Å². The summed E-state index contributed by atoms with van der Waals surface area (Å²) in [5, 5.41) is 12.4. The van der Waals surface area contributed by atoms with Crippen molar-refractivity contribution in [3.63, 3.8) is 0 Å². The summed E-state index contributed by atoms with van der Waals surface area (Å²) in [6.45, 7) is 10.0. The van der Waals surface area contributed by atoms with E-state index in [9.17, 15) is 0 Å². The first-order valence-corrected chi connectivity index (χ1v) is 7.31. The quantitative estimate of drug-likeness (QED) is 0.765. The van der Waals surface area contributed by atoms with Crippen LogP contribution in [0.4, 0.5) is 0 Å². The molecule has 4 nitrogen and oxygen atoms in total. The third-order valence-electron chi connectivity index (χ3n) is 3.89. The molecule has 0 aromatic heterocycles. The average molecular weight is 250 g/mol. The normalized spacial score (nSPS) is 24.1. The van der Waals surface area contributed by atoms with Crippen LogP contribution in [0.3, 0.4) is 0 Å². The number of nitrogens with zero attached hydrogens (tertiary/aromatic N) is 3. The largest absolute Gasteiger partial charge is 0.301 e. The van der Waals surface area contributed by atoms with E-state index in [-0.39, 0.29) is 6.04 Å².